The van der Waals surface area contributed by atoms with E-state index in [0.717, 1.165) is 44.2 Å². The Bertz CT molecular complexity index is 558. The zero-order valence-corrected chi connectivity index (χ0v) is 11.3. The number of benzene rings is 1. The number of hydrogen-bond acceptors (Lipinski definition) is 4. The quantitative estimate of drug-likeness (QED) is 0.927. The van der Waals surface area contributed by atoms with E-state index in [1.165, 1.54) is 11.1 Å². The summed E-state index contributed by atoms with van der Waals surface area (Å²) in [7, 11) is 0. The van der Waals surface area contributed by atoms with E-state index in [4.69, 9.17) is 9.47 Å². The number of ether oxygens (including phenoxy) is 2. The fourth-order valence-corrected chi connectivity index (χ4v) is 2.17. The van der Waals surface area contributed by atoms with Gasteiger partial charge >= 0.3 is 0 Å². The minimum Gasteiger partial charge on any atom is -0.490 e. The first-order valence-electron chi connectivity index (χ1n) is 6.90. The molecule has 104 valence electrons. The van der Waals surface area contributed by atoms with Gasteiger partial charge in [0, 0.05) is 31.9 Å². The molecule has 20 heavy (non-hydrogen) atoms. The summed E-state index contributed by atoms with van der Waals surface area (Å²) >= 11 is 0. The molecule has 1 aromatic carbocycles. The lowest BCUT2D eigenvalue weighted by atomic mass is 10.2. The van der Waals surface area contributed by atoms with E-state index >= 15 is 0 Å². The maximum absolute atomic E-state index is 5.69. The van der Waals surface area contributed by atoms with Crippen LogP contribution in [0.15, 0.2) is 42.7 Å². The smallest absolute Gasteiger partial charge is 0.161 e. The Morgan fingerprint density at radius 1 is 0.900 bits per heavy atom. The van der Waals surface area contributed by atoms with Crippen LogP contribution < -0.4 is 14.8 Å². The zero-order chi connectivity index (χ0) is 13.6. The first-order chi connectivity index (χ1) is 9.92. The molecule has 1 aliphatic heterocycles. The molecule has 1 N–H and O–H groups in total. The summed E-state index contributed by atoms with van der Waals surface area (Å²) < 4.78 is 11.3. The normalized spacial score (nSPS) is 13.8. The summed E-state index contributed by atoms with van der Waals surface area (Å²) in [4.78, 5) is 4.01. The van der Waals surface area contributed by atoms with Gasteiger partial charge in [-0.3, -0.25) is 4.98 Å². The summed E-state index contributed by atoms with van der Waals surface area (Å²) in [6.07, 6.45) is 4.56. The van der Waals surface area contributed by atoms with Crippen molar-refractivity contribution < 1.29 is 9.47 Å². The molecule has 0 bridgehead atoms. The Balaban J connectivity index is 1.59. The van der Waals surface area contributed by atoms with E-state index in [-0.39, 0.29) is 0 Å². The third-order valence-electron chi connectivity index (χ3n) is 3.22. The molecule has 0 saturated carbocycles. The predicted molar refractivity (Wildman–Crippen MR) is 76.8 cm³/mol. The number of nitrogens with zero attached hydrogens (tertiary/aromatic N) is 1. The van der Waals surface area contributed by atoms with E-state index in [0.29, 0.717) is 0 Å². The molecule has 0 saturated heterocycles. The van der Waals surface area contributed by atoms with Gasteiger partial charge in [-0.1, -0.05) is 6.07 Å². The lowest BCUT2D eigenvalue weighted by molar-refractivity contribution is 0.297. The molecule has 1 aliphatic rings. The second kappa shape index (κ2) is 6.39. The van der Waals surface area contributed by atoms with Crippen LogP contribution in [-0.4, -0.2) is 18.2 Å². The highest BCUT2D eigenvalue weighted by atomic mass is 16.5. The first-order valence-corrected chi connectivity index (χ1v) is 6.90. The fourth-order valence-electron chi connectivity index (χ4n) is 2.17. The van der Waals surface area contributed by atoms with Gasteiger partial charge in [-0.2, -0.15) is 0 Å². The number of hydrogen-bond donors (Lipinski definition) is 1. The second-order valence-electron chi connectivity index (χ2n) is 4.79. The predicted octanol–water partition coefficient (Wildman–Crippen LogP) is 2.53. The van der Waals surface area contributed by atoms with Crippen LogP contribution in [0.1, 0.15) is 17.5 Å². The van der Waals surface area contributed by atoms with Crippen molar-refractivity contribution in [3.8, 4) is 11.5 Å². The van der Waals surface area contributed by atoms with Crippen LogP contribution in [0.2, 0.25) is 0 Å². The molecule has 4 nitrogen and oxygen atoms in total. The highest BCUT2D eigenvalue weighted by molar-refractivity contribution is 5.43. The SMILES string of the molecule is c1cc(CNCc2ccc3c(c2)OCCCO3)ccn1. The Morgan fingerprint density at radius 2 is 1.65 bits per heavy atom. The lowest BCUT2D eigenvalue weighted by Crippen LogP contribution is -2.12. The largest absolute Gasteiger partial charge is 0.490 e. The molecular weight excluding hydrogens is 252 g/mol. The molecule has 0 aliphatic carbocycles. The summed E-state index contributed by atoms with van der Waals surface area (Å²) in [6.45, 7) is 3.09. The minimum atomic E-state index is 0.723. The minimum absolute atomic E-state index is 0.723. The third-order valence-corrected chi connectivity index (χ3v) is 3.22. The number of rotatable bonds is 4. The van der Waals surface area contributed by atoms with Gasteiger partial charge in [0.15, 0.2) is 11.5 Å². The number of pyridine rings is 1. The molecule has 1 aromatic heterocycles. The van der Waals surface area contributed by atoms with Gasteiger partial charge in [0.1, 0.15) is 0 Å². The van der Waals surface area contributed by atoms with E-state index in [9.17, 15) is 0 Å². The molecule has 0 spiro atoms. The molecule has 4 heteroatoms. The molecule has 2 heterocycles. The summed E-state index contributed by atoms with van der Waals surface area (Å²) in [5, 5.41) is 3.42. The second-order valence-corrected chi connectivity index (χ2v) is 4.79. The highest BCUT2D eigenvalue weighted by Gasteiger charge is 2.10. The van der Waals surface area contributed by atoms with Crippen molar-refractivity contribution in [2.24, 2.45) is 0 Å². The van der Waals surface area contributed by atoms with Crippen LogP contribution in [0.25, 0.3) is 0 Å². The highest BCUT2D eigenvalue weighted by Crippen LogP contribution is 2.30. The molecule has 0 atom stereocenters. The number of aromatic nitrogens is 1. The van der Waals surface area contributed by atoms with E-state index < -0.39 is 0 Å². The van der Waals surface area contributed by atoms with Gasteiger partial charge in [0.25, 0.3) is 0 Å². The van der Waals surface area contributed by atoms with Gasteiger partial charge in [-0.25, -0.2) is 0 Å². The summed E-state index contributed by atoms with van der Waals surface area (Å²) in [5.74, 6) is 1.70. The molecular formula is C16H18N2O2. The van der Waals surface area contributed by atoms with Crippen LogP contribution in [0, 0.1) is 0 Å². The zero-order valence-electron chi connectivity index (χ0n) is 11.3. The van der Waals surface area contributed by atoms with Gasteiger partial charge in [-0.15, -0.1) is 0 Å². The van der Waals surface area contributed by atoms with Gasteiger partial charge in [0.2, 0.25) is 0 Å². The molecule has 0 fully saturated rings. The topological polar surface area (TPSA) is 43.4 Å². The maximum atomic E-state index is 5.69. The van der Waals surface area contributed by atoms with Crippen molar-refractivity contribution in [3.05, 3.63) is 53.9 Å². The Morgan fingerprint density at radius 3 is 2.50 bits per heavy atom. The standard InChI is InChI=1S/C16H18N2O2/c1-8-19-15-3-2-14(10-16(15)20-9-1)12-18-11-13-4-6-17-7-5-13/h2-7,10,18H,1,8-9,11-12H2. The van der Waals surface area contributed by atoms with E-state index in [1.54, 1.807) is 0 Å². The molecule has 0 amide bonds. The first kappa shape index (κ1) is 12.9. The molecule has 0 unspecified atom stereocenters. The molecule has 0 radical (unpaired) electrons. The maximum Gasteiger partial charge on any atom is 0.161 e. The van der Waals surface area contributed by atoms with Crippen LogP contribution in [-0.2, 0) is 13.1 Å². The van der Waals surface area contributed by atoms with Crippen molar-refractivity contribution >= 4 is 0 Å². The summed E-state index contributed by atoms with van der Waals surface area (Å²) in [6, 6.07) is 10.2. The van der Waals surface area contributed by atoms with Gasteiger partial charge in [0.05, 0.1) is 13.2 Å². The van der Waals surface area contributed by atoms with E-state index in [1.807, 2.05) is 30.6 Å². The van der Waals surface area contributed by atoms with Crippen LogP contribution >= 0.6 is 0 Å². The average molecular weight is 270 g/mol. The Kier molecular flexibility index (Phi) is 4.13. The van der Waals surface area contributed by atoms with Crippen LogP contribution in [0.4, 0.5) is 0 Å². The van der Waals surface area contributed by atoms with Crippen LogP contribution in [0.5, 0.6) is 11.5 Å². The van der Waals surface area contributed by atoms with Gasteiger partial charge < -0.3 is 14.8 Å². The van der Waals surface area contributed by atoms with Crippen molar-refractivity contribution in [2.75, 3.05) is 13.2 Å². The monoisotopic (exact) mass is 270 g/mol. The van der Waals surface area contributed by atoms with Crippen molar-refractivity contribution in [3.63, 3.8) is 0 Å². The fraction of sp³-hybridized carbons (Fsp3) is 0.312. The Labute approximate surface area is 118 Å². The number of fused-ring (bicyclic) bond motifs is 1. The van der Waals surface area contributed by atoms with Crippen molar-refractivity contribution in [1.29, 1.82) is 0 Å². The molecule has 3 rings (SSSR count). The van der Waals surface area contributed by atoms with Gasteiger partial charge in [-0.05, 0) is 35.4 Å². The lowest BCUT2D eigenvalue weighted by Gasteiger charge is -2.10. The Hall–Kier alpha value is -2.07. The summed E-state index contributed by atoms with van der Waals surface area (Å²) in [5.41, 5.74) is 2.43. The average Bonchev–Trinajstić information content (AvgIpc) is 2.73. The molecule has 2 aromatic rings. The number of nitrogens with one attached hydrogen (secondary N) is 1. The van der Waals surface area contributed by atoms with Crippen molar-refractivity contribution in [1.82, 2.24) is 10.3 Å². The third kappa shape index (κ3) is 3.27. The van der Waals surface area contributed by atoms with E-state index in [2.05, 4.69) is 22.4 Å². The van der Waals surface area contributed by atoms with Crippen molar-refractivity contribution in [2.45, 2.75) is 19.5 Å². The van der Waals surface area contributed by atoms with Crippen LogP contribution in [0.3, 0.4) is 0 Å².